The number of ketones is 1. The highest BCUT2D eigenvalue weighted by Crippen LogP contribution is 2.25. The topological polar surface area (TPSA) is 63.2 Å². The summed E-state index contributed by atoms with van der Waals surface area (Å²) in [7, 11) is -3.90. The molecule has 2 aromatic rings. The van der Waals surface area contributed by atoms with Crippen molar-refractivity contribution in [2.24, 2.45) is 0 Å². The molecule has 0 radical (unpaired) electrons. The van der Waals surface area contributed by atoms with Gasteiger partial charge in [0.1, 0.15) is 5.82 Å². The van der Waals surface area contributed by atoms with Gasteiger partial charge in [0.15, 0.2) is 5.78 Å². The Bertz CT molecular complexity index is 873. The number of carbonyl (C=O) groups excluding carboxylic acids is 1. The largest absolute Gasteiger partial charge is 0.295 e. The van der Waals surface area contributed by atoms with Gasteiger partial charge in [0.05, 0.1) is 10.9 Å². The summed E-state index contributed by atoms with van der Waals surface area (Å²) < 4.78 is 41.1. The average Bonchev–Trinajstić information content (AvgIpc) is 2.52. The molecule has 0 aliphatic heterocycles. The molecule has 24 heavy (non-hydrogen) atoms. The Balaban J connectivity index is 2.43. The first-order valence-electron chi connectivity index (χ1n) is 7.25. The molecule has 0 saturated carbocycles. The molecule has 2 rings (SSSR count). The molecule has 0 aromatic heterocycles. The van der Waals surface area contributed by atoms with Gasteiger partial charge >= 0.3 is 0 Å². The van der Waals surface area contributed by atoms with Gasteiger partial charge in [-0.25, -0.2) is 12.8 Å². The summed E-state index contributed by atoms with van der Waals surface area (Å²) in [5, 5.41) is 0. The quantitative estimate of drug-likeness (QED) is 0.816. The highest BCUT2D eigenvalue weighted by Gasteiger charge is 2.25. The Hall–Kier alpha value is -2.31. The van der Waals surface area contributed by atoms with Gasteiger partial charge < -0.3 is 0 Å². The van der Waals surface area contributed by atoms with Crippen molar-refractivity contribution in [1.29, 1.82) is 0 Å². The lowest BCUT2D eigenvalue weighted by Gasteiger charge is -2.20. The summed E-state index contributed by atoms with van der Waals surface area (Å²) in [5.74, 6) is -0.903. The van der Waals surface area contributed by atoms with Gasteiger partial charge in [0, 0.05) is 5.57 Å². The highest BCUT2D eigenvalue weighted by atomic mass is 32.2. The number of sulfonamides is 1. The summed E-state index contributed by atoms with van der Waals surface area (Å²) in [4.78, 5) is 11.7. The van der Waals surface area contributed by atoms with Crippen LogP contribution in [0.4, 0.5) is 4.39 Å². The van der Waals surface area contributed by atoms with E-state index < -0.39 is 21.9 Å². The Kier molecular flexibility index (Phi) is 5.31. The van der Waals surface area contributed by atoms with Crippen LogP contribution in [0.25, 0.3) is 0 Å². The van der Waals surface area contributed by atoms with Gasteiger partial charge in [0.25, 0.3) is 0 Å². The average molecular weight is 347 g/mol. The second-order valence-electron chi connectivity index (χ2n) is 5.50. The second-order valence-corrected chi connectivity index (χ2v) is 7.22. The molecule has 0 aliphatic carbocycles. The van der Waals surface area contributed by atoms with E-state index in [0.29, 0.717) is 5.56 Å². The number of carbonyl (C=O) groups is 1. The monoisotopic (exact) mass is 347 g/mol. The lowest BCUT2D eigenvalue weighted by Crippen LogP contribution is -2.31. The van der Waals surface area contributed by atoms with E-state index in [-0.39, 0.29) is 16.3 Å². The van der Waals surface area contributed by atoms with Gasteiger partial charge in [-0.1, -0.05) is 36.4 Å². The summed E-state index contributed by atoms with van der Waals surface area (Å²) in [5.41, 5.74) is 1.27. The van der Waals surface area contributed by atoms with Crippen LogP contribution in [0, 0.1) is 12.7 Å². The highest BCUT2D eigenvalue weighted by molar-refractivity contribution is 7.89. The van der Waals surface area contributed by atoms with Crippen LogP contribution in [-0.2, 0) is 14.8 Å². The van der Waals surface area contributed by atoms with Crippen molar-refractivity contribution in [1.82, 2.24) is 4.72 Å². The van der Waals surface area contributed by atoms with Gasteiger partial charge in [-0.3, -0.25) is 4.79 Å². The van der Waals surface area contributed by atoms with Crippen LogP contribution in [0.1, 0.15) is 24.1 Å². The van der Waals surface area contributed by atoms with E-state index in [1.54, 1.807) is 18.2 Å². The third-order valence-electron chi connectivity index (χ3n) is 3.59. The van der Waals surface area contributed by atoms with Crippen LogP contribution in [0.3, 0.4) is 0 Å². The van der Waals surface area contributed by atoms with Crippen LogP contribution in [0.15, 0.2) is 65.6 Å². The third kappa shape index (κ3) is 4.15. The van der Waals surface area contributed by atoms with Gasteiger partial charge in [-0.05, 0) is 43.7 Å². The SMILES string of the molecule is C=C(C(C)=O)[C@H](NS(=O)(=O)c1ccc(C)cc1)c1cccc(F)c1. The van der Waals surface area contributed by atoms with E-state index >= 15 is 0 Å². The first-order chi connectivity index (χ1) is 11.2. The first kappa shape index (κ1) is 18.0. The predicted molar refractivity (Wildman–Crippen MR) is 90.5 cm³/mol. The van der Waals surface area contributed by atoms with Gasteiger partial charge in [0.2, 0.25) is 10.0 Å². The van der Waals surface area contributed by atoms with E-state index in [1.807, 2.05) is 6.92 Å². The molecule has 1 N–H and O–H groups in total. The standard InChI is InChI=1S/C18H18FNO3S/c1-12-7-9-17(10-8-12)24(22,23)20-18(13(2)14(3)21)15-5-4-6-16(19)11-15/h4-11,18,20H,2H2,1,3H3/t18-/m0/s1. The molecule has 0 spiro atoms. The van der Waals surface area contributed by atoms with Crippen molar-refractivity contribution >= 4 is 15.8 Å². The Labute approximate surface area is 141 Å². The molecule has 0 heterocycles. The molecule has 0 saturated heterocycles. The molecule has 1 atom stereocenters. The van der Waals surface area contributed by atoms with Crippen molar-refractivity contribution < 1.29 is 17.6 Å². The first-order valence-corrected chi connectivity index (χ1v) is 8.73. The molecular formula is C18H18FNO3S. The molecule has 0 unspecified atom stereocenters. The number of rotatable bonds is 6. The molecular weight excluding hydrogens is 329 g/mol. The zero-order chi connectivity index (χ0) is 17.9. The minimum Gasteiger partial charge on any atom is -0.295 e. The molecule has 4 nitrogen and oxygen atoms in total. The van der Waals surface area contributed by atoms with Gasteiger partial charge in [-0.15, -0.1) is 0 Å². The van der Waals surface area contributed by atoms with Crippen LogP contribution in [0.5, 0.6) is 0 Å². The molecule has 2 aromatic carbocycles. The molecule has 126 valence electrons. The van der Waals surface area contributed by atoms with Crippen LogP contribution in [0.2, 0.25) is 0 Å². The molecule has 0 aliphatic rings. The Morgan fingerprint density at radius 2 is 1.79 bits per heavy atom. The summed E-state index contributed by atoms with van der Waals surface area (Å²) in [6.07, 6.45) is 0. The van der Waals surface area contributed by atoms with Crippen molar-refractivity contribution in [2.75, 3.05) is 0 Å². The number of aryl methyl sites for hydroxylation is 1. The zero-order valence-corrected chi connectivity index (χ0v) is 14.2. The van der Waals surface area contributed by atoms with Crippen molar-refractivity contribution in [2.45, 2.75) is 24.8 Å². The fourth-order valence-electron chi connectivity index (χ4n) is 2.17. The maximum absolute atomic E-state index is 13.5. The van der Waals surface area contributed by atoms with E-state index in [4.69, 9.17) is 0 Å². The minimum atomic E-state index is -3.90. The predicted octanol–water partition coefficient (Wildman–Crippen LogP) is 3.30. The number of nitrogens with one attached hydrogen (secondary N) is 1. The lowest BCUT2D eigenvalue weighted by molar-refractivity contribution is -0.113. The van der Waals surface area contributed by atoms with Crippen LogP contribution >= 0.6 is 0 Å². The third-order valence-corrected chi connectivity index (χ3v) is 5.03. The number of hydrogen-bond acceptors (Lipinski definition) is 3. The smallest absolute Gasteiger partial charge is 0.241 e. The molecule has 6 heteroatoms. The number of halogens is 1. The molecule has 0 bridgehead atoms. The van der Waals surface area contributed by atoms with E-state index in [2.05, 4.69) is 11.3 Å². The number of hydrogen-bond donors (Lipinski definition) is 1. The molecule has 0 amide bonds. The maximum Gasteiger partial charge on any atom is 0.241 e. The normalized spacial score (nSPS) is 12.6. The fraction of sp³-hybridized carbons (Fsp3) is 0.167. The van der Waals surface area contributed by atoms with Crippen molar-refractivity contribution in [3.8, 4) is 0 Å². The van der Waals surface area contributed by atoms with Crippen LogP contribution in [-0.4, -0.2) is 14.2 Å². The summed E-state index contributed by atoms with van der Waals surface area (Å²) in [6.45, 7) is 6.78. The van der Waals surface area contributed by atoms with E-state index in [1.165, 1.54) is 37.3 Å². The van der Waals surface area contributed by atoms with Crippen molar-refractivity contribution in [3.63, 3.8) is 0 Å². The van der Waals surface area contributed by atoms with E-state index in [9.17, 15) is 17.6 Å². The lowest BCUT2D eigenvalue weighted by atomic mass is 9.98. The van der Waals surface area contributed by atoms with E-state index in [0.717, 1.165) is 5.56 Å². The fourth-order valence-corrected chi connectivity index (χ4v) is 3.39. The zero-order valence-electron chi connectivity index (χ0n) is 13.4. The number of benzene rings is 2. The Morgan fingerprint density at radius 3 is 2.33 bits per heavy atom. The second kappa shape index (κ2) is 7.07. The maximum atomic E-state index is 13.5. The van der Waals surface area contributed by atoms with Crippen LogP contribution < -0.4 is 4.72 Å². The number of Topliss-reactive ketones (excluding diaryl/α,β-unsaturated/α-hetero) is 1. The van der Waals surface area contributed by atoms with Gasteiger partial charge in [-0.2, -0.15) is 4.72 Å². The minimum absolute atomic E-state index is 0.0382. The van der Waals surface area contributed by atoms with Crippen molar-refractivity contribution in [3.05, 3.63) is 77.6 Å². The summed E-state index contributed by atoms with van der Waals surface area (Å²) in [6, 6.07) is 10.7. The summed E-state index contributed by atoms with van der Waals surface area (Å²) >= 11 is 0. The molecule has 0 fully saturated rings. The Morgan fingerprint density at radius 1 is 1.17 bits per heavy atom.